The molecule has 4 heterocycles. The van der Waals surface area contributed by atoms with E-state index in [1.54, 1.807) is 17.9 Å². The van der Waals surface area contributed by atoms with Gasteiger partial charge in [0.1, 0.15) is 5.82 Å². The number of aryl methyl sites for hydroxylation is 1. The molecule has 0 saturated carbocycles. The van der Waals surface area contributed by atoms with Crippen molar-refractivity contribution in [1.82, 2.24) is 24.9 Å². The molecule has 30 heavy (non-hydrogen) atoms. The third kappa shape index (κ3) is 3.76. The van der Waals surface area contributed by atoms with Gasteiger partial charge in [0.15, 0.2) is 5.82 Å². The number of likely N-dealkylation sites (tertiary alicyclic amines) is 1. The van der Waals surface area contributed by atoms with E-state index < -0.39 is 0 Å². The Morgan fingerprint density at radius 2 is 2.10 bits per heavy atom. The summed E-state index contributed by atoms with van der Waals surface area (Å²) in [7, 11) is 1.82. The first kappa shape index (κ1) is 20.3. The highest BCUT2D eigenvalue weighted by atomic mass is 16.5. The first-order valence-corrected chi connectivity index (χ1v) is 10.6. The van der Waals surface area contributed by atoms with Crippen LogP contribution < -0.4 is 5.32 Å². The number of nitrogens with one attached hydrogen (secondary N) is 1. The molecule has 2 aliphatic rings. The van der Waals surface area contributed by atoms with Crippen LogP contribution in [0.3, 0.4) is 0 Å². The van der Waals surface area contributed by atoms with Crippen LogP contribution in [0.5, 0.6) is 0 Å². The minimum Gasteiger partial charge on any atom is -0.373 e. The van der Waals surface area contributed by atoms with Crippen molar-refractivity contribution in [2.45, 2.75) is 58.5 Å². The standard InChI is InChI=1S/C21H28N6O3/c1-4-14-11-18(30-25-14)21(29)26-10-8-16-15(12-26)19(22-3)24-20(23-16)17-7-5-6-9-27(17)13(2)28/h11,17H,4-10,12H2,1-3H3,(H,22,23,24)/t17-/m0/s1. The van der Waals surface area contributed by atoms with E-state index in [4.69, 9.17) is 14.5 Å². The summed E-state index contributed by atoms with van der Waals surface area (Å²) in [6.07, 6.45) is 4.30. The molecular weight excluding hydrogens is 384 g/mol. The molecule has 1 fully saturated rings. The molecule has 1 saturated heterocycles. The van der Waals surface area contributed by atoms with E-state index in [-0.39, 0.29) is 23.6 Å². The van der Waals surface area contributed by atoms with Gasteiger partial charge >= 0.3 is 0 Å². The molecule has 160 valence electrons. The Hall–Kier alpha value is -2.97. The Kier molecular flexibility index (Phi) is 5.69. The van der Waals surface area contributed by atoms with Gasteiger partial charge in [0, 0.05) is 45.1 Å². The van der Waals surface area contributed by atoms with E-state index in [0.717, 1.165) is 49.2 Å². The fraction of sp³-hybridized carbons (Fsp3) is 0.571. The molecule has 2 amide bonds. The lowest BCUT2D eigenvalue weighted by Gasteiger charge is -2.35. The summed E-state index contributed by atoms with van der Waals surface area (Å²) < 4.78 is 5.22. The molecular formula is C21H28N6O3. The summed E-state index contributed by atoms with van der Waals surface area (Å²) in [5, 5.41) is 7.08. The number of piperidine rings is 1. The second kappa shape index (κ2) is 8.41. The molecule has 1 atom stereocenters. The smallest absolute Gasteiger partial charge is 0.292 e. The van der Waals surface area contributed by atoms with Gasteiger partial charge in [-0.2, -0.15) is 0 Å². The third-order valence-electron chi connectivity index (χ3n) is 5.94. The first-order chi connectivity index (χ1) is 14.5. The predicted molar refractivity (Wildman–Crippen MR) is 110 cm³/mol. The normalized spacial score (nSPS) is 18.8. The van der Waals surface area contributed by atoms with E-state index in [1.807, 2.05) is 18.9 Å². The molecule has 9 nitrogen and oxygen atoms in total. The summed E-state index contributed by atoms with van der Waals surface area (Å²) in [6.45, 7) is 5.28. The topological polar surface area (TPSA) is 104 Å². The summed E-state index contributed by atoms with van der Waals surface area (Å²) in [6, 6.07) is 1.62. The van der Waals surface area contributed by atoms with E-state index in [1.165, 1.54) is 0 Å². The quantitative estimate of drug-likeness (QED) is 0.822. The van der Waals surface area contributed by atoms with Gasteiger partial charge in [-0.05, 0) is 25.7 Å². The van der Waals surface area contributed by atoms with Gasteiger partial charge in [-0.1, -0.05) is 12.1 Å². The molecule has 9 heteroatoms. The van der Waals surface area contributed by atoms with Crippen LogP contribution in [0.4, 0.5) is 5.82 Å². The van der Waals surface area contributed by atoms with Crippen LogP contribution >= 0.6 is 0 Å². The highest BCUT2D eigenvalue weighted by Crippen LogP contribution is 2.32. The van der Waals surface area contributed by atoms with Crippen LogP contribution in [-0.2, 0) is 24.2 Å². The molecule has 2 aromatic rings. The monoisotopic (exact) mass is 412 g/mol. The zero-order valence-electron chi connectivity index (χ0n) is 17.8. The fourth-order valence-corrected chi connectivity index (χ4v) is 4.27. The molecule has 0 bridgehead atoms. The maximum Gasteiger partial charge on any atom is 0.292 e. The lowest BCUT2D eigenvalue weighted by atomic mass is 10.00. The van der Waals surface area contributed by atoms with Crippen molar-refractivity contribution in [3.05, 3.63) is 34.6 Å². The number of carbonyl (C=O) groups excluding carboxylic acids is 2. The van der Waals surface area contributed by atoms with E-state index in [9.17, 15) is 9.59 Å². The van der Waals surface area contributed by atoms with E-state index >= 15 is 0 Å². The third-order valence-corrected chi connectivity index (χ3v) is 5.94. The Morgan fingerprint density at radius 3 is 2.80 bits per heavy atom. The summed E-state index contributed by atoms with van der Waals surface area (Å²) in [4.78, 5) is 38.2. The van der Waals surface area contributed by atoms with Crippen LogP contribution in [0.25, 0.3) is 0 Å². The highest BCUT2D eigenvalue weighted by molar-refractivity contribution is 5.91. The van der Waals surface area contributed by atoms with Gasteiger partial charge in [-0.3, -0.25) is 9.59 Å². The number of hydrogen-bond donors (Lipinski definition) is 1. The van der Waals surface area contributed by atoms with Gasteiger partial charge in [0.05, 0.1) is 24.0 Å². The maximum absolute atomic E-state index is 12.9. The second-order valence-corrected chi connectivity index (χ2v) is 7.84. The molecule has 0 unspecified atom stereocenters. The van der Waals surface area contributed by atoms with Gasteiger partial charge < -0.3 is 19.6 Å². The molecule has 4 rings (SSSR count). The largest absolute Gasteiger partial charge is 0.373 e. The number of rotatable bonds is 4. The highest BCUT2D eigenvalue weighted by Gasteiger charge is 2.32. The van der Waals surface area contributed by atoms with Crippen molar-refractivity contribution in [3.8, 4) is 0 Å². The Morgan fingerprint density at radius 1 is 1.27 bits per heavy atom. The fourth-order valence-electron chi connectivity index (χ4n) is 4.27. The Balaban J connectivity index is 1.60. The summed E-state index contributed by atoms with van der Waals surface area (Å²) >= 11 is 0. The van der Waals surface area contributed by atoms with Crippen LogP contribution in [0, 0.1) is 0 Å². The van der Waals surface area contributed by atoms with Crippen molar-refractivity contribution in [1.29, 1.82) is 0 Å². The molecule has 0 aromatic carbocycles. The van der Waals surface area contributed by atoms with Crippen LogP contribution in [0.2, 0.25) is 0 Å². The summed E-state index contributed by atoms with van der Waals surface area (Å²) in [5.74, 6) is 1.55. The van der Waals surface area contributed by atoms with Crippen molar-refractivity contribution in [2.24, 2.45) is 0 Å². The number of nitrogens with zero attached hydrogens (tertiary/aromatic N) is 5. The Labute approximate surface area is 175 Å². The average molecular weight is 412 g/mol. The van der Waals surface area contributed by atoms with Gasteiger partial charge in [0.25, 0.3) is 5.91 Å². The minimum atomic E-state index is -0.172. The molecule has 1 N–H and O–H groups in total. The zero-order chi connectivity index (χ0) is 21.3. The van der Waals surface area contributed by atoms with Crippen molar-refractivity contribution in [3.63, 3.8) is 0 Å². The van der Waals surface area contributed by atoms with Crippen LogP contribution in [0.15, 0.2) is 10.6 Å². The van der Waals surface area contributed by atoms with Crippen molar-refractivity contribution in [2.75, 3.05) is 25.5 Å². The van der Waals surface area contributed by atoms with E-state index in [0.29, 0.717) is 31.2 Å². The molecule has 0 radical (unpaired) electrons. The average Bonchev–Trinajstić information content (AvgIpc) is 3.26. The van der Waals surface area contributed by atoms with Gasteiger partial charge in [0.2, 0.25) is 11.7 Å². The maximum atomic E-state index is 12.9. The molecule has 2 aromatic heterocycles. The van der Waals surface area contributed by atoms with Crippen molar-refractivity contribution >= 4 is 17.6 Å². The molecule has 2 aliphatic heterocycles. The number of carbonyl (C=O) groups is 2. The number of aromatic nitrogens is 3. The van der Waals surface area contributed by atoms with Crippen LogP contribution in [0.1, 0.15) is 72.5 Å². The lowest BCUT2D eigenvalue weighted by molar-refractivity contribution is -0.132. The number of fused-ring (bicyclic) bond motifs is 1. The van der Waals surface area contributed by atoms with Gasteiger partial charge in [-0.15, -0.1) is 0 Å². The first-order valence-electron chi connectivity index (χ1n) is 10.6. The predicted octanol–water partition coefficient (Wildman–Crippen LogP) is 2.34. The number of amides is 2. The lowest BCUT2D eigenvalue weighted by Crippen LogP contribution is -2.39. The van der Waals surface area contributed by atoms with E-state index in [2.05, 4.69) is 10.5 Å². The van der Waals surface area contributed by atoms with Gasteiger partial charge in [-0.25, -0.2) is 9.97 Å². The van der Waals surface area contributed by atoms with Crippen molar-refractivity contribution < 1.29 is 14.1 Å². The molecule has 0 spiro atoms. The second-order valence-electron chi connectivity index (χ2n) is 7.84. The number of anilines is 1. The number of hydrogen-bond acceptors (Lipinski definition) is 7. The summed E-state index contributed by atoms with van der Waals surface area (Å²) in [5.41, 5.74) is 2.62. The SMILES string of the molecule is CCc1cc(C(=O)N2CCc3nc([C@@H]4CCCCN4C(C)=O)nc(NC)c3C2)on1. The molecule has 0 aliphatic carbocycles. The van der Waals surface area contributed by atoms with Crippen LogP contribution in [-0.4, -0.2) is 56.9 Å². The minimum absolute atomic E-state index is 0.0577. The Bertz CT molecular complexity index is 939. The zero-order valence-corrected chi connectivity index (χ0v) is 17.8.